The molecular weight excluding hydrogens is 412 g/mol. The highest BCUT2D eigenvalue weighted by atomic mass is 16.6. The summed E-state index contributed by atoms with van der Waals surface area (Å²) in [6.07, 6.45) is 4.70. The monoisotopic (exact) mass is 442 g/mol. The molecule has 0 aliphatic carbocycles. The molecule has 172 valence electrons. The number of hydrogen-bond donors (Lipinski definition) is 2. The summed E-state index contributed by atoms with van der Waals surface area (Å²) >= 11 is 0. The Morgan fingerprint density at radius 3 is 2.72 bits per heavy atom. The van der Waals surface area contributed by atoms with Crippen molar-refractivity contribution in [2.75, 3.05) is 18.4 Å². The number of nitrogens with one attached hydrogen (secondary N) is 2. The molecule has 1 saturated heterocycles. The van der Waals surface area contributed by atoms with Crippen molar-refractivity contribution >= 4 is 17.7 Å². The number of likely N-dealkylation sites (tertiary alicyclic amines) is 1. The Hall–Kier alpha value is -3.37. The van der Waals surface area contributed by atoms with Gasteiger partial charge in [-0.3, -0.25) is 5.10 Å². The molecule has 1 aliphatic rings. The quantitative estimate of drug-likeness (QED) is 0.618. The molecule has 1 amide bonds. The molecule has 1 fully saturated rings. The van der Waals surface area contributed by atoms with Crippen LogP contribution in [0.5, 0.6) is 5.88 Å². The van der Waals surface area contributed by atoms with Gasteiger partial charge in [0, 0.05) is 24.8 Å². The molecule has 4 rings (SSSR count). The Morgan fingerprint density at radius 2 is 2.06 bits per heavy atom. The van der Waals surface area contributed by atoms with Gasteiger partial charge in [0.15, 0.2) is 5.65 Å². The molecule has 1 aliphatic heterocycles. The number of nitrogens with zero attached hydrogens (tertiary/aromatic N) is 6. The second-order valence-electron chi connectivity index (χ2n) is 9.38. The number of hydrogen-bond acceptors (Lipinski definition) is 8. The number of H-pyrrole nitrogens is 1. The Kier molecular flexibility index (Phi) is 5.66. The Labute approximate surface area is 186 Å². The third-order valence-electron chi connectivity index (χ3n) is 5.03. The molecule has 0 radical (unpaired) electrons. The maximum Gasteiger partial charge on any atom is 0.410 e. The van der Waals surface area contributed by atoms with E-state index in [9.17, 15) is 4.79 Å². The topological polar surface area (TPSA) is 123 Å². The first-order valence-electron chi connectivity index (χ1n) is 10.8. The van der Waals surface area contributed by atoms with Crippen LogP contribution in [0.4, 0.5) is 10.7 Å². The predicted octanol–water partition coefficient (Wildman–Crippen LogP) is 2.97. The van der Waals surface area contributed by atoms with Crippen LogP contribution in [0.15, 0.2) is 18.6 Å². The fourth-order valence-corrected chi connectivity index (χ4v) is 3.60. The smallest absolute Gasteiger partial charge is 0.410 e. The molecule has 2 unspecified atom stereocenters. The van der Waals surface area contributed by atoms with Crippen LogP contribution < -0.4 is 10.1 Å². The Morgan fingerprint density at radius 1 is 1.28 bits per heavy atom. The number of aromatic nitrogens is 6. The highest BCUT2D eigenvalue weighted by molar-refractivity contribution is 5.69. The number of fused-ring (bicyclic) bond motifs is 1. The van der Waals surface area contributed by atoms with Gasteiger partial charge in [-0.2, -0.15) is 14.6 Å². The molecular formula is C21H30N8O3. The van der Waals surface area contributed by atoms with Gasteiger partial charge in [-0.1, -0.05) is 6.92 Å². The lowest BCUT2D eigenvalue weighted by atomic mass is 10.1. The van der Waals surface area contributed by atoms with Gasteiger partial charge in [-0.15, -0.1) is 5.10 Å². The number of carbonyl (C=O) groups excluding carboxylic acids is 1. The summed E-state index contributed by atoms with van der Waals surface area (Å²) in [4.78, 5) is 23.3. The zero-order valence-electron chi connectivity index (χ0n) is 19.3. The van der Waals surface area contributed by atoms with E-state index in [0.717, 1.165) is 5.56 Å². The minimum atomic E-state index is -0.526. The van der Waals surface area contributed by atoms with Gasteiger partial charge in [-0.05, 0) is 40.5 Å². The van der Waals surface area contributed by atoms with Crippen molar-refractivity contribution in [2.45, 2.75) is 59.3 Å². The summed E-state index contributed by atoms with van der Waals surface area (Å²) in [6, 6.07) is -0.00398. The molecule has 3 aromatic rings. The molecule has 11 nitrogen and oxygen atoms in total. The van der Waals surface area contributed by atoms with Crippen molar-refractivity contribution < 1.29 is 14.3 Å². The third kappa shape index (κ3) is 4.61. The van der Waals surface area contributed by atoms with Gasteiger partial charge in [-0.25, -0.2) is 9.78 Å². The van der Waals surface area contributed by atoms with Crippen LogP contribution in [0.3, 0.4) is 0 Å². The zero-order valence-corrected chi connectivity index (χ0v) is 19.3. The average Bonchev–Trinajstić information content (AvgIpc) is 3.41. The van der Waals surface area contributed by atoms with E-state index in [1.807, 2.05) is 34.6 Å². The lowest BCUT2D eigenvalue weighted by Gasteiger charge is -2.24. The molecule has 2 N–H and O–H groups in total. The highest BCUT2D eigenvalue weighted by Crippen LogP contribution is 2.29. The SMILES string of the molecule is CC(C)Oc1c(-c2cn[nH]c2)ncc2nc(NC3CN(C(=O)OC(C)(C)C)CC3C)nn12. The fourth-order valence-electron chi connectivity index (χ4n) is 3.60. The molecule has 32 heavy (non-hydrogen) atoms. The highest BCUT2D eigenvalue weighted by Gasteiger charge is 2.35. The van der Waals surface area contributed by atoms with Crippen LogP contribution >= 0.6 is 0 Å². The normalized spacial score (nSPS) is 19.0. The van der Waals surface area contributed by atoms with Crippen molar-refractivity contribution in [3.05, 3.63) is 18.6 Å². The molecule has 0 saturated carbocycles. The number of carbonyl (C=O) groups is 1. The first kappa shape index (κ1) is 21.8. The minimum Gasteiger partial charge on any atom is -0.473 e. The van der Waals surface area contributed by atoms with Crippen molar-refractivity contribution in [3.63, 3.8) is 0 Å². The Bertz CT molecular complexity index is 1090. The zero-order chi connectivity index (χ0) is 23.0. The first-order chi connectivity index (χ1) is 15.1. The second kappa shape index (κ2) is 8.29. The minimum absolute atomic E-state index is 0.00398. The Balaban J connectivity index is 1.57. The summed E-state index contributed by atoms with van der Waals surface area (Å²) in [5.74, 6) is 1.15. The fraction of sp³-hybridized carbons (Fsp3) is 0.571. The van der Waals surface area contributed by atoms with Gasteiger partial charge < -0.3 is 19.7 Å². The lowest BCUT2D eigenvalue weighted by molar-refractivity contribution is 0.0288. The average molecular weight is 443 g/mol. The molecule has 11 heteroatoms. The first-order valence-corrected chi connectivity index (χ1v) is 10.8. The summed E-state index contributed by atoms with van der Waals surface area (Å²) < 4.78 is 13.2. The standard InChI is InChI=1S/C21H30N8O3/c1-12(2)31-18-17(14-7-23-24-8-14)22-9-16-26-19(27-29(16)18)25-15-11-28(10-13(15)3)20(30)32-21(4,5)6/h7-9,12-13,15H,10-11H2,1-6H3,(H,23,24)(H,25,27). The molecule has 4 heterocycles. The van der Waals surface area contributed by atoms with E-state index < -0.39 is 5.60 Å². The molecule has 0 spiro atoms. The number of amides is 1. The number of aromatic amines is 1. The largest absolute Gasteiger partial charge is 0.473 e. The van der Waals surface area contributed by atoms with Crippen LogP contribution in [0.1, 0.15) is 41.5 Å². The maximum absolute atomic E-state index is 12.5. The van der Waals surface area contributed by atoms with Gasteiger partial charge in [0.1, 0.15) is 11.3 Å². The molecule has 0 bridgehead atoms. The van der Waals surface area contributed by atoms with Crippen molar-refractivity contribution in [1.82, 2.24) is 34.7 Å². The van der Waals surface area contributed by atoms with Crippen LogP contribution in [-0.2, 0) is 4.74 Å². The number of ether oxygens (including phenoxy) is 2. The molecule has 2 atom stereocenters. The van der Waals surface area contributed by atoms with E-state index in [4.69, 9.17) is 9.47 Å². The van der Waals surface area contributed by atoms with E-state index >= 15 is 0 Å². The van der Waals surface area contributed by atoms with Gasteiger partial charge >= 0.3 is 6.09 Å². The van der Waals surface area contributed by atoms with Crippen molar-refractivity contribution in [2.24, 2.45) is 5.92 Å². The third-order valence-corrected chi connectivity index (χ3v) is 5.03. The van der Waals surface area contributed by atoms with E-state index in [1.165, 1.54) is 0 Å². The molecule has 3 aromatic heterocycles. The van der Waals surface area contributed by atoms with E-state index in [0.29, 0.717) is 36.3 Å². The van der Waals surface area contributed by atoms with Crippen molar-refractivity contribution in [1.29, 1.82) is 0 Å². The number of rotatable bonds is 5. The molecule has 0 aromatic carbocycles. The summed E-state index contributed by atoms with van der Waals surface area (Å²) in [6.45, 7) is 12.7. The van der Waals surface area contributed by atoms with E-state index in [2.05, 4.69) is 37.5 Å². The van der Waals surface area contributed by atoms with Crippen LogP contribution in [-0.4, -0.2) is 71.6 Å². The van der Waals surface area contributed by atoms with Gasteiger partial charge in [0.05, 0.1) is 24.5 Å². The van der Waals surface area contributed by atoms with E-state index in [-0.39, 0.29) is 24.2 Å². The summed E-state index contributed by atoms with van der Waals surface area (Å²) in [5, 5.41) is 14.8. The van der Waals surface area contributed by atoms with Crippen LogP contribution in [0, 0.1) is 5.92 Å². The number of anilines is 1. The predicted molar refractivity (Wildman–Crippen MR) is 119 cm³/mol. The summed E-state index contributed by atoms with van der Waals surface area (Å²) in [5.41, 5.74) is 1.46. The van der Waals surface area contributed by atoms with E-state index in [1.54, 1.807) is 28.0 Å². The van der Waals surface area contributed by atoms with Crippen LogP contribution in [0.2, 0.25) is 0 Å². The van der Waals surface area contributed by atoms with Crippen LogP contribution in [0.25, 0.3) is 16.9 Å². The van der Waals surface area contributed by atoms with Gasteiger partial charge in [0.25, 0.3) is 0 Å². The summed E-state index contributed by atoms with van der Waals surface area (Å²) in [7, 11) is 0. The maximum atomic E-state index is 12.5. The lowest BCUT2D eigenvalue weighted by Crippen LogP contribution is -2.36. The van der Waals surface area contributed by atoms with Crippen molar-refractivity contribution in [3.8, 4) is 17.1 Å². The second-order valence-corrected chi connectivity index (χ2v) is 9.38. The van der Waals surface area contributed by atoms with Gasteiger partial charge in [0.2, 0.25) is 11.8 Å².